The average molecular weight is 387 g/mol. The number of rotatable bonds is 5. The van der Waals surface area contributed by atoms with Crippen LogP contribution in [0.4, 0.5) is 9.18 Å². The topological polar surface area (TPSA) is 41.1 Å². The van der Waals surface area contributed by atoms with E-state index in [1.54, 1.807) is 0 Å². The molecule has 0 saturated heterocycles. The first-order valence-electron chi connectivity index (χ1n) is 9.62. The normalized spacial score (nSPS) is 26.6. The van der Waals surface area contributed by atoms with Crippen LogP contribution in [-0.4, -0.2) is 18.6 Å². The Morgan fingerprint density at radius 2 is 1.48 bits per heavy atom. The van der Waals surface area contributed by atoms with Crippen molar-refractivity contribution < 1.29 is 9.18 Å². The zero-order valence-corrected chi connectivity index (χ0v) is 15.9. The molecule has 0 aliphatic heterocycles. The van der Waals surface area contributed by atoms with Crippen LogP contribution in [0.5, 0.6) is 0 Å². The third-order valence-corrected chi connectivity index (χ3v) is 6.20. The van der Waals surface area contributed by atoms with E-state index in [9.17, 15) is 9.18 Å². The number of carbonyl (C=O) groups excluding carboxylic acids is 1. The summed E-state index contributed by atoms with van der Waals surface area (Å²) in [5.41, 5.74) is 2.49. The molecule has 2 amide bonds. The summed E-state index contributed by atoms with van der Waals surface area (Å²) in [5.74, 6) is 1.34. The fourth-order valence-electron chi connectivity index (χ4n) is 4.13. The molecule has 2 saturated carbocycles. The molecule has 2 fully saturated rings. The third-order valence-electron chi connectivity index (χ3n) is 5.94. The lowest BCUT2D eigenvalue weighted by Gasteiger charge is -2.37. The summed E-state index contributed by atoms with van der Waals surface area (Å²) in [4.78, 5) is 12.1. The van der Waals surface area contributed by atoms with Gasteiger partial charge in [-0.1, -0.05) is 35.9 Å². The van der Waals surface area contributed by atoms with Gasteiger partial charge in [0, 0.05) is 17.6 Å². The molecular formula is C22H24ClFN2O. The van der Waals surface area contributed by atoms with Gasteiger partial charge in [0.25, 0.3) is 0 Å². The van der Waals surface area contributed by atoms with Gasteiger partial charge < -0.3 is 10.6 Å². The number of benzene rings is 2. The highest BCUT2D eigenvalue weighted by atomic mass is 35.5. The smallest absolute Gasteiger partial charge is 0.315 e. The van der Waals surface area contributed by atoms with Crippen molar-refractivity contribution in [2.75, 3.05) is 6.54 Å². The Balaban J connectivity index is 1.12. The molecule has 0 unspecified atom stereocenters. The molecule has 142 valence electrons. The largest absolute Gasteiger partial charge is 0.338 e. The van der Waals surface area contributed by atoms with E-state index < -0.39 is 0 Å². The van der Waals surface area contributed by atoms with E-state index in [-0.39, 0.29) is 17.9 Å². The van der Waals surface area contributed by atoms with Gasteiger partial charge in [0.15, 0.2) is 0 Å². The van der Waals surface area contributed by atoms with E-state index in [4.69, 9.17) is 11.6 Å². The Morgan fingerprint density at radius 3 is 2.11 bits per heavy atom. The summed E-state index contributed by atoms with van der Waals surface area (Å²) in [6, 6.07) is 14.9. The van der Waals surface area contributed by atoms with E-state index in [0.29, 0.717) is 17.8 Å². The van der Waals surface area contributed by atoms with Gasteiger partial charge in [0.2, 0.25) is 0 Å². The second kappa shape index (κ2) is 7.89. The van der Waals surface area contributed by atoms with Crippen LogP contribution in [0.1, 0.15) is 48.6 Å². The van der Waals surface area contributed by atoms with E-state index in [1.807, 2.05) is 24.3 Å². The van der Waals surface area contributed by atoms with Gasteiger partial charge in [-0.05, 0) is 78.8 Å². The van der Waals surface area contributed by atoms with Crippen molar-refractivity contribution >= 4 is 17.6 Å². The Hall–Kier alpha value is -2.07. The molecule has 27 heavy (non-hydrogen) atoms. The summed E-state index contributed by atoms with van der Waals surface area (Å²) < 4.78 is 13.0. The second-order valence-corrected chi connectivity index (χ2v) is 8.29. The quantitative estimate of drug-likeness (QED) is 0.726. The summed E-state index contributed by atoms with van der Waals surface area (Å²) in [7, 11) is 0. The molecule has 0 heterocycles. The van der Waals surface area contributed by atoms with Gasteiger partial charge in [-0.15, -0.1) is 0 Å². The van der Waals surface area contributed by atoms with Crippen molar-refractivity contribution in [3.8, 4) is 0 Å². The van der Waals surface area contributed by atoms with Crippen molar-refractivity contribution in [1.29, 1.82) is 0 Å². The molecule has 2 N–H and O–H groups in total. The lowest BCUT2D eigenvalue weighted by molar-refractivity contribution is 0.211. The highest BCUT2D eigenvalue weighted by molar-refractivity contribution is 6.30. The first kappa shape index (κ1) is 18.3. The molecule has 2 aliphatic rings. The highest BCUT2D eigenvalue weighted by Gasteiger charge is 2.33. The van der Waals surface area contributed by atoms with Crippen molar-refractivity contribution in [3.05, 3.63) is 70.5 Å². The van der Waals surface area contributed by atoms with E-state index in [0.717, 1.165) is 42.8 Å². The standard InChI is InChI=1S/C22H24ClFN2O/c23-19-5-1-15(2-6-19)17-9-14(10-17)13-25-22(27)26-21-11-18(12-21)16-3-7-20(24)8-4-16/h1-8,14,17-18,21H,9-13H2,(H2,25,26,27). The molecule has 2 aliphatic carbocycles. The number of hydrogen-bond acceptors (Lipinski definition) is 1. The van der Waals surface area contributed by atoms with E-state index in [2.05, 4.69) is 22.8 Å². The fourth-order valence-corrected chi connectivity index (χ4v) is 4.25. The Morgan fingerprint density at radius 1 is 0.926 bits per heavy atom. The van der Waals surface area contributed by atoms with Gasteiger partial charge in [-0.25, -0.2) is 9.18 Å². The number of halogens is 2. The molecule has 0 atom stereocenters. The van der Waals surface area contributed by atoms with Crippen molar-refractivity contribution in [1.82, 2.24) is 10.6 Å². The number of carbonyl (C=O) groups is 1. The van der Waals surface area contributed by atoms with E-state index >= 15 is 0 Å². The minimum absolute atomic E-state index is 0.0764. The zero-order valence-electron chi connectivity index (χ0n) is 15.1. The maximum atomic E-state index is 13.0. The number of nitrogens with one attached hydrogen (secondary N) is 2. The van der Waals surface area contributed by atoms with Crippen LogP contribution >= 0.6 is 11.6 Å². The number of urea groups is 1. The molecule has 5 heteroatoms. The predicted octanol–water partition coefficient (Wildman–Crippen LogP) is 5.22. The molecule has 2 aromatic carbocycles. The number of hydrogen-bond donors (Lipinski definition) is 2. The van der Waals surface area contributed by atoms with Crippen LogP contribution in [-0.2, 0) is 0 Å². The summed E-state index contributed by atoms with van der Waals surface area (Å²) in [6.07, 6.45) is 4.05. The second-order valence-electron chi connectivity index (χ2n) is 7.86. The van der Waals surface area contributed by atoms with Crippen molar-refractivity contribution in [2.45, 2.75) is 43.6 Å². The molecule has 0 radical (unpaired) electrons. The lowest BCUT2D eigenvalue weighted by atomic mass is 9.71. The minimum atomic E-state index is -0.207. The van der Waals surface area contributed by atoms with Gasteiger partial charge in [0.05, 0.1) is 0 Å². The Kier molecular flexibility index (Phi) is 5.35. The average Bonchev–Trinajstić information content (AvgIpc) is 2.59. The van der Waals surface area contributed by atoms with Crippen LogP contribution < -0.4 is 10.6 Å². The van der Waals surface area contributed by atoms with Gasteiger partial charge in [-0.2, -0.15) is 0 Å². The van der Waals surface area contributed by atoms with Gasteiger partial charge >= 0.3 is 6.03 Å². The van der Waals surface area contributed by atoms with E-state index in [1.165, 1.54) is 17.7 Å². The molecular weight excluding hydrogens is 363 g/mol. The SMILES string of the molecule is O=C(NCC1CC(c2ccc(Cl)cc2)C1)NC1CC(c2ccc(F)cc2)C1. The summed E-state index contributed by atoms with van der Waals surface area (Å²) in [6.45, 7) is 0.726. The first-order chi connectivity index (χ1) is 13.1. The first-order valence-corrected chi connectivity index (χ1v) is 10.00. The Bertz CT molecular complexity index is 781. The molecule has 0 aromatic heterocycles. The summed E-state index contributed by atoms with van der Waals surface area (Å²) in [5, 5.41) is 6.82. The third kappa shape index (κ3) is 4.44. The van der Waals surface area contributed by atoms with Crippen LogP contribution in [0.3, 0.4) is 0 Å². The van der Waals surface area contributed by atoms with Crippen LogP contribution in [0, 0.1) is 11.7 Å². The van der Waals surface area contributed by atoms with Crippen molar-refractivity contribution in [2.24, 2.45) is 5.92 Å². The lowest BCUT2D eigenvalue weighted by Crippen LogP contribution is -2.49. The predicted molar refractivity (Wildman–Crippen MR) is 106 cm³/mol. The maximum absolute atomic E-state index is 13.0. The molecule has 4 rings (SSSR count). The van der Waals surface area contributed by atoms with Gasteiger partial charge in [-0.3, -0.25) is 0 Å². The van der Waals surface area contributed by atoms with Crippen molar-refractivity contribution in [3.63, 3.8) is 0 Å². The number of amides is 2. The molecule has 0 bridgehead atoms. The maximum Gasteiger partial charge on any atom is 0.315 e. The van der Waals surface area contributed by atoms with Crippen LogP contribution in [0.15, 0.2) is 48.5 Å². The van der Waals surface area contributed by atoms with Gasteiger partial charge in [0.1, 0.15) is 5.82 Å². The highest BCUT2D eigenvalue weighted by Crippen LogP contribution is 2.41. The summed E-state index contributed by atoms with van der Waals surface area (Å²) >= 11 is 5.93. The molecule has 2 aromatic rings. The van der Waals surface area contributed by atoms with Crippen LogP contribution in [0.2, 0.25) is 5.02 Å². The monoisotopic (exact) mass is 386 g/mol. The van der Waals surface area contributed by atoms with Crippen LogP contribution in [0.25, 0.3) is 0 Å². The minimum Gasteiger partial charge on any atom is -0.338 e. The molecule has 0 spiro atoms. The zero-order chi connectivity index (χ0) is 18.8. The fraction of sp³-hybridized carbons (Fsp3) is 0.409. The molecule has 3 nitrogen and oxygen atoms in total. The Labute approximate surface area is 164 Å².